The number of rotatable bonds is 30. The van der Waals surface area contributed by atoms with E-state index in [-0.39, 0.29) is 66.3 Å². The molecule has 110 heavy (non-hydrogen) atoms. The second-order valence-electron chi connectivity index (χ2n) is 31.4. The number of benzene rings is 5. The van der Waals surface area contributed by atoms with Gasteiger partial charge in [0.05, 0.1) is 51.5 Å². The maximum Gasteiger partial charge on any atom is 0.501 e. The zero-order chi connectivity index (χ0) is 78.3. The number of hydrogen-bond donors (Lipinski definition) is 5. The average Bonchev–Trinajstić information content (AvgIpc) is 1.44. The Kier molecular flexibility index (Phi) is 26.4. The molecule has 29 heteroatoms. The number of alkyl halides is 3. The third-order valence-electron chi connectivity index (χ3n) is 22.5. The summed E-state index contributed by atoms with van der Waals surface area (Å²) in [5.74, 6) is -1.61. The summed E-state index contributed by atoms with van der Waals surface area (Å²) in [7, 11) is -11.0. The number of carbonyl (C=O) groups excluding carboxylic acids is 5. The highest BCUT2D eigenvalue weighted by molar-refractivity contribution is 7.99. The van der Waals surface area contributed by atoms with Gasteiger partial charge in [0.15, 0.2) is 0 Å². The third-order valence-corrected chi connectivity index (χ3v) is 27.7. The van der Waals surface area contributed by atoms with Crippen LogP contribution in [0.3, 0.4) is 0 Å². The number of hydrogen-bond acceptors (Lipinski definition) is 18. The Labute approximate surface area is 656 Å². The van der Waals surface area contributed by atoms with Crippen molar-refractivity contribution in [3.05, 3.63) is 160 Å². The van der Waals surface area contributed by atoms with E-state index in [1.54, 1.807) is 23.5 Å². The number of β-amino-alcohol motifs (C(OH)–C–C–N with tert-alkyl or cyclic N) is 1. The first kappa shape index (κ1) is 82.1. The number of nitrogens with zero attached hydrogens (tertiary/aromatic N) is 6. The maximum atomic E-state index is 14.4. The maximum absolute atomic E-state index is 14.4. The van der Waals surface area contributed by atoms with E-state index >= 15 is 0 Å². The second-order valence-corrected chi connectivity index (χ2v) is 37.4. The van der Waals surface area contributed by atoms with Gasteiger partial charge in [0.1, 0.15) is 17.0 Å². The number of aliphatic hydroxyl groups excluding tert-OH is 1. The number of carbonyl (C=O) groups is 5. The van der Waals surface area contributed by atoms with Crippen LogP contribution in [-0.2, 0) is 43.8 Å². The average molecular weight is 1610 g/mol. The van der Waals surface area contributed by atoms with Crippen LogP contribution in [0.1, 0.15) is 151 Å². The van der Waals surface area contributed by atoms with Crippen LogP contribution >= 0.6 is 34.7 Å². The molecule has 1 spiro atoms. The minimum Gasteiger partial charge on any atom is -0.391 e. The van der Waals surface area contributed by atoms with Gasteiger partial charge in [0.2, 0.25) is 23.6 Å². The number of ether oxygens (including phenoxy) is 1. The number of thioether (sulfide) groups is 1. The molecule has 5 fully saturated rings. The second kappa shape index (κ2) is 35.3. The quantitative estimate of drug-likeness (QED) is 0.0207. The van der Waals surface area contributed by atoms with Crippen LogP contribution in [0.4, 0.5) is 24.5 Å². The van der Waals surface area contributed by atoms with Crippen molar-refractivity contribution < 1.29 is 63.8 Å². The Hall–Kier alpha value is -7.41. The predicted octanol–water partition coefficient (Wildman–Crippen LogP) is 12.7. The first-order valence-electron chi connectivity index (χ1n) is 38.1. The summed E-state index contributed by atoms with van der Waals surface area (Å²) >= 11 is 9.40. The van der Waals surface area contributed by atoms with Gasteiger partial charge in [-0.05, 0) is 165 Å². The number of aryl methyl sites for hydroxylation is 1. The molecule has 5 aliphatic heterocycles. The molecule has 5 aromatic carbocycles. The molecule has 5 saturated heterocycles. The Bertz CT molecular complexity index is 4530. The lowest BCUT2D eigenvalue weighted by Crippen LogP contribution is -2.57. The van der Waals surface area contributed by atoms with Crippen molar-refractivity contribution >= 4 is 101 Å². The summed E-state index contributed by atoms with van der Waals surface area (Å²) in [5, 5.41) is 20.5. The minimum absolute atomic E-state index is 0.0206. The lowest BCUT2D eigenvalue weighted by molar-refractivity contribution is -0.144. The lowest BCUT2D eigenvalue weighted by atomic mass is 9.69. The van der Waals surface area contributed by atoms with Crippen molar-refractivity contribution in [3.8, 4) is 10.4 Å². The third kappa shape index (κ3) is 20.1. The predicted molar refractivity (Wildman–Crippen MR) is 423 cm³/mol. The van der Waals surface area contributed by atoms with E-state index in [0.29, 0.717) is 95.1 Å². The van der Waals surface area contributed by atoms with Gasteiger partial charge in [-0.2, -0.15) is 13.2 Å². The zero-order valence-electron chi connectivity index (χ0n) is 62.9. The van der Waals surface area contributed by atoms with Crippen LogP contribution in [0.5, 0.6) is 0 Å². The molecule has 0 radical (unpaired) electrons. The zero-order valence-corrected chi connectivity index (χ0v) is 66.9. The van der Waals surface area contributed by atoms with Crippen LogP contribution < -0.4 is 25.6 Å². The van der Waals surface area contributed by atoms with Crippen molar-refractivity contribution in [2.75, 3.05) is 88.0 Å². The Balaban J connectivity index is 0.593. The van der Waals surface area contributed by atoms with Crippen molar-refractivity contribution in [3.63, 3.8) is 0 Å². The first-order chi connectivity index (χ1) is 52.4. The van der Waals surface area contributed by atoms with Crippen LogP contribution in [0.2, 0.25) is 5.02 Å². The number of likely N-dealkylation sites (tertiary alicyclic amines) is 3. The number of sulfone groups is 1. The number of anilines is 2. The largest absolute Gasteiger partial charge is 0.501 e. The molecule has 1 unspecified atom stereocenters. The number of thiazole rings is 1. The van der Waals surface area contributed by atoms with E-state index in [0.717, 1.165) is 114 Å². The molecule has 6 heterocycles. The molecule has 21 nitrogen and oxygen atoms in total. The van der Waals surface area contributed by atoms with Gasteiger partial charge >= 0.3 is 5.51 Å². The lowest BCUT2D eigenvalue weighted by Gasteiger charge is -2.40. The number of aromatic nitrogens is 1. The summed E-state index contributed by atoms with van der Waals surface area (Å²) in [6.07, 6.45) is 8.60. The Morgan fingerprint density at radius 3 is 2.17 bits per heavy atom. The molecule has 0 saturated carbocycles. The summed E-state index contributed by atoms with van der Waals surface area (Å²) in [5.41, 5.74) is 2.24. The normalized spacial score (nSPS) is 21.5. The van der Waals surface area contributed by atoms with Gasteiger partial charge in [0, 0.05) is 124 Å². The fourth-order valence-electron chi connectivity index (χ4n) is 16.2. The molecule has 5 amide bonds. The molecule has 1 aliphatic carbocycles. The highest BCUT2D eigenvalue weighted by atomic mass is 35.5. The van der Waals surface area contributed by atoms with Gasteiger partial charge in [-0.25, -0.2) is 26.5 Å². The van der Waals surface area contributed by atoms with E-state index in [1.165, 1.54) is 39.9 Å². The molecule has 592 valence electrons. The molecular formula is C81H100ClF3N10O11S4. The van der Waals surface area contributed by atoms with Crippen molar-refractivity contribution in [2.45, 2.75) is 187 Å². The van der Waals surface area contributed by atoms with E-state index in [1.807, 2.05) is 116 Å². The van der Waals surface area contributed by atoms with E-state index in [2.05, 4.69) is 47.8 Å². The van der Waals surface area contributed by atoms with Crippen LogP contribution in [-0.4, -0.2) is 196 Å². The molecule has 2 bridgehead atoms. The first-order valence-corrected chi connectivity index (χ1v) is 43.3. The van der Waals surface area contributed by atoms with Crippen LogP contribution in [0.25, 0.3) is 16.0 Å². The summed E-state index contributed by atoms with van der Waals surface area (Å²) in [6.45, 7) is 16.1. The van der Waals surface area contributed by atoms with Crippen LogP contribution in [0.15, 0.2) is 147 Å². The summed E-state index contributed by atoms with van der Waals surface area (Å²) in [6, 6.07) is 31.5. The van der Waals surface area contributed by atoms with Crippen LogP contribution in [0, 0.1) is 17.8 Å². The fraction of sp³-hybridized carbons (Fsp3) is 0.506. The van der Waals surface area contributed by atoms with Crippen molar-refractivity contribution in [1.82, 2.24) is 39.9 Å². The van der Waals surface area contributed by atoms with Gasteiger partial charge in [0.25, 0.3) is 25.8 Å². The molecule has 6 aromatic rings. The molecule has 6 aliphatic rings. The topological polar surface area (TPSA) is 260 Å². The number of allylic oxidation sites excluding steroid dienone is 1. The number of morpholine rings is 1. The Morgan fingerprint density at radius 1 is 0.809 bits per heavy atom. The number of aliphatic hydroxyl groups is 1. The molecule has 12 rings (SSSR count). The summed E-state index contributed by atoms with van der Waals surface area (Å²) in [4.78, 5) is 83.8. The highest BCUT2D eigenvalue weighted by Gasteiger charge is 2.50. The highest BCUT2D eigenvalue weighted by Crippen LogP contribution is 2.49. The number of nitrogens with one attached hydrogen (secondary N) is 4. The van der Waals surface area contributed by atoms with E-state index in [9.17, 15) is 59.1 Å². The van der Waals surface area contributed by atoms with E-state index < -0.39 is 82.3 Å². The SMILES string of the molecule is Cc1ncsc1-c1ccc([C@H](C)NC(=O)[C@@H]2C[C@@H](O)CN2C(=O)[C@@H](NC(=O)CCCCCCCC(=O)N2CCC3(CCC(c4ccc(Cl)cc4)=C(CN4CCN(c5ccc(C(=O)NS(=O)(=O)c6ccc(N[C@H](CCN7C[C@H]8C[C@@H]7CO8)CSc7ccccc7)c(S(=O)(=O)C(F)(F)F)c6)cc5)CC4)C3)C2)C(C)(C)C)cc1. The number of halogens is 4. The molecule has 1 aromatic heterocycles. The minimum atomic E-state index is -6.11. The van der Waals surface area contributed by atoms with Crippen molar-refractivity contribution in [2.24, 2.45) is 10.8 Å². The molecular weight excluding hydrogens is 1510 g/mol. The van der Waals surface area contributed by atoms with Gasteiger partial charge in [-0.3, -0.25) is 33.8 Å². The molecule has 5 N–H and O–H groups in total. The van der Waals surface area contributed by atoms with E-state index in [4.69, 9.17) is 16.3 Å². The summed E-state index contributed by atoms with van der Waals surface area (Å²) < 4.78 is 105. The number of sulfonamides is 1. The van der Waals surface area contributed by atoms with Gasteiger partial charge in [-0.1, -0.05) is 112 Å². The van der Waals surface area contributed by atoms with Gasteiger partial charge < -0.3 is 40.5 Å². The van der Waals surface area contributed by atoms with Crippen molar-refractivity contribution in [1.29, 1.82) is 0 Å². The number of amides is 5. The van der Waals surface area contributed by atoms with Gasteiger partial charge in [-0.15, -0.1) is 23.1 Å². The number of unbranched alkanes of at least 4 members (excludes halogenated alkanes) is 4. The fourth-order valence-corrected chi connectivity index (χ4v) is 20.2. The number of piperazine rings is 1. The molecule has 8 atom stereocenters. The smallest absolute Gasteiger partial charge is 0.391 e. The number of fused-ring (bicyclic) bond motifs is 2. The standard InChI is InChI=1S/C81H100ClF3N10O11S4/c1-53(55-18-20-57(21-19-55)74-54(2)86-52-108-74)87-77(100)70-43-64(96)47-95(70)78(101)75(79(3,4)5)89-72(97)16-12-7-6-8-13-17-73(98)94-37-35-80(51-94)34-32-68(56-22-26-60(82)27-23-56)59(45-80)46-91-38-40-92(41-39-91)62-28-24-58(25-29-62)76(99)90-110(104,105)67-30-31-69(71(44-67)109(102,103)81(83,84)85)88-61(50-107-66-14-10-9-11-15-66)33-36-93-48-65-42-63(93)49-106-65/h9-11,14-15,18-31,44,52-53,61,63-65,70,75,88,96H,6-8,12-13,16-17,32-43,45-51H2,1-5H3,(H,87,100)(H,89,97)(H,90,99)/t53-,61+,63+,64+,65+,70-,75+,80?/m0/s1. The monoisotopic (exact) mass is 1610 g/mol. The Morgan fingerprint density at radius 2 is 1.51 bits per heavy atom.